The number of nitrogens with one attached hydrogen (secondary N) is 1. The van der Waals surface area contributed by atoms with Crippen molar-refractivity contribution < 1.29 is 17.9 Å². The fraction of sp³-hybridized carbons (Fsp3) is 0.667. The van der Waals surface area contributed by atoms with Crippen LogP contribution in [0, 0.1) is 11.8 Å². The third-order valence-corrected chi connectivity index (χ3v) is 3.76. The van der Waals surface area contributed by atoms with Gasteiger partial charge >= 0.3 is 6.18 Å². The zero-order valence-electron chi connectivity index (χ0n) is 12.1. The molecule has 0 aliphatic heterocycles. The van der Waals surface area contributed by atoms with Crippen molar-refractivity contribution in [2.24, 2.45) is 11.8 Å². The molecular weight excluding hydrogens is 281 g/mol. The Labute approximate surface area is 122 Å². The number of hydrogen-bond acceptors (Lipinski definition) is 3. The lowest BCUT2D eigenvalue weighted by atomic mass is 9.82. The molecule has 0 saturated heterocycles. The summed E-state index contributed by atoms with van der Waals surface area (Å²) in [5, 5.41) is 3.29. The van der Waals surface area contributed by atoms with E-state index in [-0.39, 0.29) is 5.88 Å². The SMILES string of the molecule is CC1CCCC(CNc2ccc(OCC(F)(F)F)nc2)C1. The lowest BCUT2D eigenvalue weighted by Crippen LogP contribution is -2.21. The van der Waals surface area contributed by atoms with Crippen LogP contribution in [0.1, 0.15) is 32.6 Å². The molecule has 6 heteroatoms. The molecule has 1 aliphatic carbocycles. The van der Waals surface area contributed by atoms with Gasteiger partial charge in [0, 0.05) is 12.6 Å². The van der Waals surface area contributed by atoms with Crippen molar-refractivity contribution in [1.29, 1.82) is 0 Å². The second-order valence-electron chi connectivity index (χ2n) is 5.81. The van der Waals surface area contributed by atoms with Gasteiger partial charge in [0.1, 0.15) is 0 Å². The van der Waals surface area contributed by atoms with E-state index >= 15 is 0 Å². The maximum atomic E-state index is 12.0. The fourth-order valence-electron chi connectivity index (χ4n) is 2.73. The Kier molecular flexibility index (Phi) is 5.31. The molecule has 1 saturated carbocycles. The molecule has 1 heterocycles. The van der Waals surface area contributed by atoms with Gasteiger partial charge in [0.15, 0.2) is 6.61 Å². The van der Waals surface area contributed by atoms with Crippen LogP contribution in [0.2, 0.25) is 0 Å². The predicted molar refractivity (Wildman–Crippen MR) is 75.4 cm³/mol. The van der Waals surface area contributed by atoms with E-state index in [4.69, 9.17) is 0 Å². The van der Waals surface area contributed by atoms with Gasteiger partial charge in [-0.1, -0.05) is 19.8 Å². The molecule has 118 valence electrons. The molecule has 1 aromatic heterocycles. The minimum Gasteiger partial charge on any atom is -0.468 e. The van der Waals surface area contributed by atoms with Crippen LogP contribution in [0.15, 0.2) is 18.3 Å². The molecule has 3 nitrogen and oxygen atoms in total. The summed E-state index contributed by atoms with van der Waals surface area (Å²) in [5.74, 6) is 1.43. The van der Waals surface area contributed by atoms with Crippen LogP contribution in [0.25, 0.3) is 0 Å². The highest BCUT2D eigenvalue weighted by Gasteiger charge is 2.28. The van der Waals surface area contributed by atoms with Crippen molar-refractivity contribution in [2.45, 2.75) is 38.8 Å². The predicted octanol–water partition coefficient (Wildman–Crippen LogP) is 4.26. The average molecular weight is 302 g/mol. The molecule has 0 aromatic carbocycles. The van der Waals surface area contributed by atoms with Crippen LogP contribution in [0.5, 0.6) is 5.88 Å². The van der Waals surface area contributed by atoms with Crippen molar-refractivity contribution in [2.75, 3.05) is 18.5 Å². The highest BCUT2D eigenvalue weighted by molar-refractivity contribution is 5.42. The first-order valence-electron chi connectivity index (χ1n) is 7.32. The Morgan fingerprint density at radius 3 is 2.76 bits per heavy atom. The molecule has 21 heavy (non-hydrogen) atoms. The number of anilines is 1. The maximum absolute atomic E-state index is 12.0. The second-order valence-corrected chi connectivity index (χ2v) is 5.81. The van der Waals surface area contributed by atoms with E-state index in [1.807, 2.05) is 0 Å². The van der Waals surface area contributed by atoms with E-state index < -0.39 is 12.8 Å². The normalized spacial score (nSPS) is 22.9. The highest BCUT2D eigenvalue weighted by Crippen LogP contribution is 2.28. The Bertz CT molecular complexity index is 434. The van der Waals surface area contributed by atoms with Crippen molar-refractivity contribution >= 4 is 5.69 Å². The van der Waals surface area contributed by atoms with Crippen LogP contribution >= 0.6 is 0 Å². The first-order valence-corrected chi connectivity index (χ1v) is 7.32. The molecule has 2 unspecified atom stereocenters. The molecule has 1 N–H and O–H groups in total. The summed E-state index contributed by atoms with van der Waals surface area (Å²) in [6.45, 7) is 1.85. The molecule has 1 fully saturated rings. The Hall–Kier alpha value is -1.46. The zero-order valence-corrected chi connectivity index (χ0v) is 12.1. The van der Waals surface area contributed by atoms with Gasteiger partial charge in [0.25, 0.3) is 0 Å². The number of halogens is 3. The molecule has 0 spiro atoms. The number of pyridine rings is 1. The topological polar surface area (TPSA) is 34.1 Å². The molecule has 0 amide bonds. The van der Waals surface area contributed by atoms with E-state index in [9.17, 15) is 13.2 Å². The Morgan fingerprint density at radius 1 is 1.33 bits per heavy atom. The van der Waals surface area contributed by atoms with Crippen molar-refractivity contribution in [3.63, 3.8) is 0 Å². The van der Waals surface area contributed by atoms with Gasteiger partial charge in [-0.05, 0) is 30.7 Å². The Balaban J connectivity index is 1.77. The molecule has 1 aromatic rings. The van der Waals surface area contributed by atoms with Gasteiger partial charge in [0.05, 0.1) is 11.9 Å². The molecule has 0 radical (unpaired) electrons. The molecule has 2 rings (SSSR count). The lowest BCUT2D eigenvalue weighted by Gasteiger charge is -2.27. The van der Waals surface area contributed by atoms with Crippen LogP contribution in [0.3, 0.4) is 0 Å². The van der Waals surface area contributed by atoms with Crippen LogP contribution < -0.4 is 10.1 Å². The lowest BCUT2D eigenvalue weighted by molar-refractivity contribution is -0.154. The van der Waals surface area contributed by atoms with Gasteiger partial charge in [-0.25, -0.2) is 4.98 Å². The molecular formula is C15H21F3N2O. The maximum Gasteiger partial charge on any atom is 0.422 e. The third kappa shape index (κ3) is 5.81. The molecule has 0 bridgehead atoms. The van der Waals surface area contributed by atoms with E-state index in [1.54, 1.807) is 6.07 Å². The van der Waals surface area contributed by atoms with Crippen molar-refractivity contribution in [1.82, 2.24) is 4.98 Å². The van der Waals surface area contributed by atoms with Gasteiger partial charge in [-0.2, -0.15) is 13.2 Å². The summed E-state index contributed by atoms with van der Waals surface area (Å²) < 4.78 is 40.6. The first-order chi connectivity index (χ1) is 9.92. The quantitative estimate of drug-likeness (QED) is 0.882. The van der Waals surface area contributed by atoms with E-state index in [1.165, 1.54) is 37.9 Å². The average Bonchev–Trinajstić information content (AvgIpc) is 2.43. The van der Waals surface area contributed by atoms with Crippen molar-refractivity contribution in [3.05, 3.63) is 18.3 Å². The number of aromatic nitrogens is 1. The monoisotopic (exact) mass is 302 g/mol. The van der Waals surface area contributed by atoms with Gasteiger partial charge in [-0.15, -0.1) is 0 Å². The minimum absolute atomic E-state index is 0.0100. The zero-order chi connectivity index (χ0) is 15.3. The van der Waals surface area contributed by atoms with Crippen LogP contribution in [0.4, 0.5) is 18.9 Å². The first kappa shape index (κ1) is 15.9. The van der Waals surface area contributed by atoms with E-state index in [0.717, 1.165) is 18.2 Å². The summed E-state index contributed by atoms with van der Waals surface area (Å²) in [5.41, 5.74) is 0.813. The fourth-order valence-corrected chi connectivity index (χ4v) is 2.73. The third-order valence-electron chi connectivity index (χ3n) is 3.76. The summed E-state index contributed by atoms with van der Waals surface area (Å²) in [6, 6.07) is 3.16. The summed E-state index contributed by atoms with van der Waals surface area (Å²) in [4.78, 5) is 3.88. The van der Waals surface area contributed by atoms with Gasteiger partial charge in [0.2, 0.25) is 5.88 Å². The smallest absolute Gasteiger partial charge is 0.422 e. The number of hydrogen-bond donors (Lipinski definition) is 1. The second kappa shape index (κ2) is 7.00. The largest absolute Gasteiger partial charge is 0.468 e. The standard InChI is InChI=1S/C15H21F3N2O/c1-11-3-2-4-12(7-11)8-19-13-5-6-14(20-9-13)21-10-15(16,17)18/h5-6,9,11-12,19H,2-4,7-8,10H2,1H3. The van der Waals surface area contributed by atoms with E-state index in [2.05, 4.69) is 22.0 Å². The van der Waals surface area contributed by atoms with Crippen LogP contribution in [-0.2, 0) is 0 Å². The number of rotatable bonds is 5. The van der Waals surface area contributed by atoms with E-state index in [0.29, 0.717) is 5.92 Å². The highest BCUT2D eigenvalue weighted by atomic mass is 19.4. The number of nitrogens with zero attached hydrogens (tertiary/aromatic N) is 1. The van der Waals surface area contributed by atoms with Crippen molar-refractivity contribution in [3.8, 4) is 5.88 Å². The summed E-state index contributed by atoms with van der Waals surface area (Å²) in [7, 11) is 0. The Morgan fingerprint density at radius 2 is 2.14 bits per heavy atom. The minimum atomic E-state index is -4.34. The number of alkyl halides is 3. The molecule has 1 aliphatic rings. The summed E-state index contributed by atoms with van der Waals surface area (Å²) >= 11 is 0. The summed E-state index contributed by atoms with van der Waals surface area (Å²) in [6.07, 6.45) is 2.22. The van der Waals surface area contributed by atoms with Crippen LogP contribution in [-0.4, -0.2) is 24.3 Å². The number of ether oxygens (including phenoxy) is 1. The van der Waals surface area contributed by atoms with Gasteiger partial charge in [-0.3, -0.25) is 0 Å². The molecule has 2 atom stereocenters. The van der Waals surface area contributed by atoms with Gasteiger partial charge < -0.3 is 10.1 Å².